The van der Waals surface area contributed by atoms with Crippen molar-refractivity contribution >= 4 is 21.6 Å². The molecule has 1 N–H and O–H groups in total. The van der Waals surface area contributed by atoms with E-state index in [9.17, 15) is 13.2 Å². The minimum absolute atomic E-state index is 0.147. The summed E-state index contributed by atoms with van der Waals surface area (Å²) in [4.78, 5) is 13.5. The topological polar surface area (TPSA) is 75.7 Å². The van der Waals surface area contributed by atoms with Crippen molar-refractivity contribution in [3.05, 3.63) is 89.0 Å². The van der Waals surface area contributed by atoms with Crippen LogP contribution in [0.2, 0.25) is 0 Å². The highest BCUT2D eigenvalue weighted by atomic mass is 32.2. The molecule has 0 saturated carbocycles. The summed E-state index contributed by atoms with van der Waals surface area (Å²) in [6, 6.07) is 19.5. The van der Waals surface area contributed by atoms with Gasteiger partial charge in [0.05, 0.1) is 16.6 Å². The van der Waals surface area contributed by atoms with Crippen LogP contribution in [0.25, 0.3) is 0 Å². The van der Waals surface area contributed by atoms with Gasteiger partial charge >= 0.3 is 0 Å². The highest BCUT2D eigenvalue weighted by Crippen LogP contribution is 2.39. The molecule has 0 saturated heterocycles. The summed E-state index contributed by atoms with van der Waals surface area (Å²) in [6.45, 7) is 9.33. The maximum absolute atomic E-state index is 13.7. The van der Waals surface area contributed by atoms with Gasteiger partial charge in [0, 0.05) is 12.0 Å². The summed E-state index contributed by atoms with van der Waals surface area (Å²) in [7, 11) is -3.98. The lowest BCUT2D eigenvalue weighted by Crippen LogP contribution is -2.45. The smallest absolute Gasteiger partial charge is 0.264 e. The molecule has 1 atom stereocenters. The number of aryl methyl sites for hydroxylation is 3. The maximum Gasteiger partial charge on any atom is 0.264 e. The average Bonchev–Trinajstić information content (AvgIpc) is 2.77. The van der Waals surface area contributed by atoms with Crippen molar-refractivity contribution in [1.82, 2.24) is 5.32 Å². The molecule has 7 heteroatoms. The van der Waals surface area contributed by atoms with Gasteiger partial charge in [0.2, 0.25) is 5.91 Å². The number of anilines is 1. The Morgan fingerprint density at radius 1 is 1.00 bits per heavy atom. The predicted molar refractivity (Wildman–Crippen MR) is 138 cm³/mol. The molecule has 0 fully saturated rings. The fourth-order valence-electron chi connectivity index (χ4n) is 4.52. The summed E-state index contributed by atoms with van der Waals surface area (Å²) in [6.07, 6.45) is 0.573. The standard InChI is InChI=1S/C28H32N2O4S/c1-19-10-13-22(14-11-19)35(32,33)30(25-15-12-20(2)16-21(25)3)18-27(31)29-24-17-28(4,5)34-26-9-7-6-8-23(24)26/h6-16,24H,17-18H2,1-5H3,(H,29,31). The molecule has 1 unspecified atom stereocenters. The highest BCUT2D eigenvalue weighted by Gasteiger charge is 2.35. The van der Waals surface area contributed by atoms with Crippen LogP contribution in [0.5, 0.6) is 5.75 Å². The van der Waals surface area contributed by atoms with Gasteiger partial charge in [-0.2, -0.15) is 0 Å². The molecular weight excluding hydrogens is 460 g/mol. The third-order valence-electron chi connectivity index (χ3n) is 6.23. The van der Waals surface area contributed by atoms with Gasteiger partial charge in [-0.3, -0.25) is 9.10 Å². The van der Waals surface area contributed by atoms with Crippen molar-refractivity contribution in [2.45, 2.75) is 57.6 Å². The van der Waals surface area contributed by atoms with Crippen LogP contribution in [0, 0.1) is 20.8 Å². The van der Waals surface area contributed by atoms with E-state index in [-0.39, 0.29) is 23.4 Å². The number of carbonyl (C=O) groups excluding carboxylic acids is 1. The number of fused-ring (bicyclic) bond motifs is 1. The first-order chi connectivity index (χ1) is 16.5. The Hall–Kier alpha value is -3.32. The number of sulfonamides is 1. The predicted octanol–water partition coefficient (Wildman–Crippen LogP) is 5.23. The molecule has 184 valence electrons. The van der Waals surface area contributed by atoms with Crippen LogP contribution in [-0.2, 0) is 14.8 Å². The maximum atomic E-state index is 13.7. The van der Waals surface area contributed by atoms with Crippen LogP contribution >= 0.6 is 0 Å². The Bertz CT molecular complexity index is 1350. The molecule has 1 aliphatic heterocycles. The number of ether oxygens (including phenoxy) is 1. The van der Waals surface area contributed by atoms with E-state index in [1.54, 1.807) is 30.3 Å². The Morgan fingerprint density at radius 2 is 1.66 bits per heavy atom. The van der Waals surface area contributed by atoms with Crippen molar-refractivity contribution in [3.63, 3.8) is 0 Å². The summed E-state index contributed by atoms with van der Waals surface area (Å²) in [5.41, 5.74) is 3.67. The first kappa shape index (κ1) is 24.8. The van der Waals surface area contributed by atoms with Crippen LogP contribution in [0.1, 0.15) is 48.6 Å². The summed E-state index contributed by atoms with van der Waals surface area (Å²) >= 11 is 0. The van der Waals surface area contributed by atoms with Crippen molar-refractivity contribution in [2.75, 3.05) is 10.8 Å². The van der Waals surface area contributed by atoms with Crippen LogP contribution in [0.3, 0.4) is 0 Å². The number of rotatable bonds is 6. The second kappa shape index (κ2) is 9.38. The van der Waals surface area contributed by atoms with Gasteiger partial charge in [-0.15, -0.1) is 0 Å². The summed E-state index contributed by atoms with van der Waals surface area (Å²) in [5, 5.41) is 3.07. The lowest BCUT2D eigenvalue weighted by atomic mass is 9.89. The minimum atomic E-state index is -3.98. The van der Waals surface area contributed by atoms with E-state index >= 15 is 0 Å². The Kier molecular flexibility index (Phi) is 6.64. The fraction of sp³-hybridized carbons (Fsp3) is 0.321. The largest absolute Gasteiger partial charge is 0.487 e. The van der Waals surface area contributed by atoms with Gasteiger partial charge in [0.15, 0.2) is 0 Å². The van der Waals surface area contributed by atoms with Crippen LogP contribution in [0.15, 0.2) is 71.6 Å². The molecule has 1 aliphatic rings. The molecule has 3 aromatic carbocycles. The first-order valence-electron chi connectivity index (χ1n) is 11.7. The monoisotopic (exact) mass is 492 g/mol. The number of nitrogens with zero attached hydrogens (tertiary/aromatic N) is 1. The quantitative estimate of drug-likeness (QED) is 0.512. The third kappa shape index (κ3) is 5.35. The lowest BCUT2D eigenvalue weighted by Gasteiger charge is -2.38. The molecule has 1 heterocycles. The number of para-hydroxylation sites is 1. The molecule has 35 heavy (non-hydrogen) atoms. The molecular formula is C28H32N2O4S. The number of hydrogen-bond donors (Lipinski definition) is 1. The number of benzene rings is 3. The second-order valence-corrected chi connectivity index (χ2v) is 11.7. The molecule has 0 aliphatic carbocycles. The van der Waals surface area contributed by atoms with Gasteiger partial charge < -0.3 is 10.1 Å². The zero-order chi connectivity index (χ0) is 25.4. The van der Waals surface area contributed by atoms with E-state index in [4.69, 9.17) is 4.74 Å². The molecule has 0 spiro atoms. The van der Waals surface area contributed by atoms with Crippen LogP contribution in [-0.4, -0.2) is 26.5 Å². The van der Waals surface area contributed by atoms with E-state index in [1.807, 2.05) is 71.0 Å². The van der Waals surface area contributed by atoms with E-state index in [2.05, 4.69) is 5.32 Å². The zero-order valence-electron chi connectivity index (χ0n) is 20.8. The molecule has 0 aromatic heterocycles. The van der Waals surface area contributed by atoms with E-state index in [0.717, 1.165) is 28.0 Å². The number of carbonyl (C=O) groups is 1. The third-order valence-corrected chi connectivity index (χ3v) is 8.00. The zero-order valence-corrected chi connectivity index (χ0v) is 21.6. The minimum Gasteiger partial charge on any atom is -0.487 e. The van der Waals surface area contributed by atoms with Crippen molar-refractivity contribution in [3.8, 4) is 5.75 Å². The Morgan fingerprint density at radius 3 is 2.34 bits per heavy atom. The Balaban J connectivity index is 1.67. The molecule has 0 radical (unpaired) electrons. The van der Waals surface area contributed by atoms with Gasteiger partial charge in [-0.25, -0.2) is 8.42 Å². The molecule has 6 nitrogen and oxygen atoms in total. The SMILES string of the molecule is Cc1ccc(S(=O)(=O)N(CC(=O)NC2CC(C)(C)Oc3ccccc32)c2ccc(C)cc2C)cc1. The molecule has 0 bridgehead atoms. The average molecular weight is 493 g/mol. The van der Waals surface area contributed by atoms with Crippen LogP contribution < -0.4 is 14.4 Å². The van der Waals surface area contributed by atoms with Gasteiger partial charge in [0.1, 0.15) is 17.9 Å². The van der Waals surface area contributed by atoms with Crippen molar-refractivity contribution in [1.29, 1.82) is 0 Å². The molecule has 4 rings (SSSR count). The summed E-state index contributed by atoms with van der Waals surface area (Å²) in [5.74, 6) is 0.353. The van der Waals surface area contributed by atoms with Gasteiger partial charge in [-0.1, -0.05) is 53.6 Å². The summed E-state index contributed by atoms with van der Waals surface area (Å²) < 4.78 is 34.8. The van der Waals surface area contributed by atoms with Gasteiger partial charge in [0.25, 0.3) is 10.0 Å². The van der Waals surface area contributed by atoms with E-state index < -0.39 is 15.6 Å². The Labute approximate surface area is 208 Å². The highest BCUT2D eigenvalue weighted by molar-refractivity contribution is 7.92. The van der Waals surface area contributed by atoms with Gasteiger partial charge in [-0.05, 0) is 64.4 Å². The van der Waals surface area contributed by atoms with Crippen molar-refractivity contribution < 1.29 is 17.9 Å². The lowest BCUT2D eigenvalue weighted by molar-refractivity contribution is -0.120. The fourth-order valence-corrected chi connectivity index (χ4v) is 6.01. The van der Waals surface area contributed by atoms with E-state index in [1.165, 1.54) is 4.31 Å². The number of hydrogen-bond acceptors (Lipinski definition) is 4. The van der Waals surface area contributed by atoms with Crippen molar-refractivity contribution in [2.24, 2.45) is 0 Å². The second-order valence-electron chi connectivity index (χ2n) is 9.84. The normalized spacial score (nSPS) is 16.7. The first-order valence-corrected chi connectivity index (χ1v) is 13.1. The van der Waals surface area contributed by atoms with E-state index in [0.29, 0.717) is 12.1 Å². The van der Waals surface area contributed by atoms with Crippen LogP contribution in [0.4, 0.5) is 5.69 Å². The number of amides is 1. The molecule has 1 amide bonds. The number of nitrogens with one attached hydrogen (secondary N) is 1. The molecule has 3 aromatic rings.